The van der Waals surface area contributed by atoms with Crippen LogP contribution in [0.5, 0.6) is 0 Å². The van der Waals surface area contributed by atoms with E-state index in [4.69, 9.17) is 15.9 Å². The van der Waals surface area contributed by atoms with Crippen molar-refractivity contribution in [1.82, 2.24) is 0 Å². The average molecular weight is 216 g/mol. The molecule has 84 valence electrons. The Morgan fingerprint density at radius 3 is 2.75 bits per heavy atom. The molecule has 3 rings (SSSR count). The van der Waals surface area contributed by atoms with Crippen LogP contribution in [0.25, 0.3) is 11.0 Å². The number of furan rings is 1. The van der Waals surface area contributed by atoms with E-state index in [9.17, 15) is 0 Å². The van der Waals surface area contributed by atoms with Crippen LogP contribution >= 0.6 is 0 Å². The summed E-state index contributed by atoms with van der Waals surface area (Å²) in [6, 6.07) is 8.00. The Labute approximate surface area is 94.4 Å². The van der Waals surface area contributed by atoms with Gasteiger partial charge in [-0.15, -0.1) is 0 Å². The minimum absolute atomic E-state index is 0.00106. The van der Waals surface area contributed by atoms with E-state index in [0.29, 0.717) is 6.54 Å². The zero-order valence-electron chi connectivity index (χ0n) is 9.15. The molecule has 3 heteroatoms. The van der Waals surface area contributed by atoms with Gasteiger partial charge < -0.3 is 15.9 Å². The summed E-state index contributed by atoms with van der Waals surface area (Å²) >= 11 is 0. The fraction of sp³-hybridized carbons (Fsp3) is 0.385. The number of hydrogen-bond acceptors (Lipinski definition) is 3. The van der Waals surface area contributed by atoms with Gasteiger partial charge in [0.1, 0.15) is 5.58 Å². The van der Waals surface area contributed by atoms with Gasteiger partial charge in [0.15, 0.2) is 0 Å². The first-order valence-electron chi connectivity index (χ1n) is 5.69. The molecule has 3 nitrogen and oxygen atoms in total. The maximum atomic E-state index is 6.32. The number of para-hydroxylation sites is 1. The molecule has 1 aromatic carbocycles. The van der Waals surface area contributed by atoms with E-state index in [1.165, 1.54) is 0 Å². The second-order valence-corrected chi connectivity index (χ2v) is 4.73. The zero-order chi connectivity index (χ0) is 11.2. The summed E-state index contributed by atoms with van der Waals surface area (Å²) in [7, 11) is 0. The van der Waals surface area contributed by atoms with E-state index in [1.807, 2.05) is 18.2 Å². The van der Waals surface area contributed by atoms with Crippen LogP contribution in [0, 0.1) is 5.41 Å². The van der Waals surface area contributed by atoms with Crippen LogP contribution in [0.1, 0.15) is 24.4 Å². The Morgan fingerprint density at radius 1 is 1.31 bits per heavy atom. The predicted octanol–water partition coefficient (Wildman–Crippen LogP) is 2.17. The zero-order valence-corrected chi connectivity index (χ0v) is 9.15. The van der Waals surface area contributed by atoms with E-state index in [-0.39, 0.29) is 11.5 Å². The van der Waals surface area contributed by atoms with Gasteiger partial charge in [-0.3, -0.25) is 0 Å². The van der Waals surface area contributed by atoms with Gasteiger partial charge in [0.05, 0.1) is 6.26 Å². The molecule has 1 aliphatic carbocycles. The normalized spacial score (nSPS) is 19.9. The molecule has 1 aromatic heterocycles. The van der Waals surface area contributed by atoms with Crippen molar-refractivity contribution < 1.29 is 4.42 Å². The highest BCUT2D eigenvalue weighted by molar-refractivity contribution is 5.81. The van der Waals surface area contributed by atoms with Crippen molar-refractivity contribution in [3.63, 3.8) is 0 Å². The molecule has 1 unspecified atom stereocenters. The van der Waals surface area contributed by atoms with Gasteiger partial charge in [-0.05, 0) is 25.5 Å². The largest absolute Gasteiger partial charge is 0.464 e. The van der Waals surface area contributed by atoms with Crippen LogP contribution < -0.4 is 11.5 Å². The van der Waals surface area contributed by atoms with Gasteiger partial charge in [-0.2, -0.15) is 0 Å². The standard InChI is InChI=1S/C13H16N2O/c14-8-13(5-6-13)12(15)10-7-16-11-4-2-1-3-9(10)11/h1-4,7,12H,5-6,8,14-15H2. The molecule has 1 heterocycles. The molecule has 0 aliphatic heterocycles. The van der Waals surface area contributed by atoms with Crippen molar-refractivity contribution in [3.05, 3.63) is 36.1 Å². The second kappa shape index (κ2) is 3.34. The fourth-order valence-electron chi connectivity index (χ4n) is 2.37. The third-order valence-electron chi connectivity index (χ3n) is 3.80. The summed E-state index contributed by atoms with van der Waals surface area (Å²) in [5.74, 6) is 0. The molecule has 4 N–H and O–H groups in total. The van der Waals surface area contributed by atoms with Gasteiger partial charge >= 0.3 is 0 Å². The van der Waals surface area contributed by atoms with Gasteiger partial charge in [0.2, 0.25) is 0 Å². The SMILES string of the molecule is NCC1(C(N)c2coc3ccccc23)CC1. The van der Waals surface area contributed by atoms with Gasteiger partial charge in [-0.1, -0.05) is 18.2 Å². The smallest absolute Gasteiger partial charge is 0.134 e. The molecule has 0 amide bonds. The maximum absolute atomic E-state index is 6.32. The molecule has 1 saturated carbocycles. The lowest BCUT2D eigenvalue weighted by molar-refractivity contribution is 0.417. The minimum atomic E-state index is 0.00106. The fourth-order valence-corrected chi connectivity index (χ4v) is 2.37. The molecule has 1 fully saturated rings. The van der Waals surface area contributed by atoms with Crippen molar-refractivity contribution in [2.75, 3.05) is 6.54 Å². The van der Waals surface area contributed by atoms with Crippen molar-refractivity contribution >= 4 is 11.0 Å². The van der Waals surface area contributed by atoms with Gasteiger partial charge in [0.25, 0.3) is 0 Å². The number of hydrogen-bond donors (Lipinski definition) is 2. The molecule has 0 radical (unpaired) electrons. The van der Waals surface area contributed by atoms with Gasteiger partial charge in [-0.25, -0.2) is 0 Å². The van der Waals surface area contributed by atoms with E-state index in [0.717, 1.165) is 29.4 Å². The number of rotatable bonds is 3. The molecular weight excluding hydrogens is 200 g/mol. The Hall–Kier alpha value is -1.32. The van der Waals surface area contributed by atoms with Crippen molar-refractivity contribution in [1.29, 1.82) is 0 Å². The van der Waals surface area contributed by atoms with Crippen LogP contribution in [0.4, 0.5) is 0 Å². The quantitative estimate of drug-likeness (QED) is 0.826. The summed E-state index contributed by atoms with van der Waals surface area (Å²) in [5, 5.41) is 1.12. The predicted molar refractivity (Wildman–Crippen MR) is 63.9 cm³/mol. The van der Waals surface area contributed by atoms with E-state index < -0.39 is 0 Å². The highest BCUT2D eigenvalue weighted by atomic mass is 16.3. The molecule has 0 saturated heterocycles. The van der Waals surface area contributed by atoms with Crippen LogP contribution in [0.15, 0.2) is 34.9 Å². The van der Waals surface area contributed by atoms with Crippen LogP contribution in [0.3, 0.4) is 0 Å². The summed E-state index contributed by atoms with van der Waals surface area (Å²) in [4.78, 5) is 0. The first-order valence-corrected chi connectivity index (χ1v) is 5.69. The molecule has 1 aliphatic rings. The molecule has 1 atom stereocenters. The first-order chi connectivity index (χ1) is 7.77. The highest BCUT2D eigenvalue weighted by Crippen LogP contribution is 2.53. The van der Waals surface area contributed by atoms with Crippen molar-refractivity contribution in [3.8, 4) is 0 Å². The number of fused-ring (bicyclic) bond motifs is 1. The minimum Gasteiger partial charge on any atom is -0.464 e. The summed E-state index contributed by atoms with van der Waals surface area (Å²) in [5.41, 5.74) is 14.2. The van der Waals surface area contributed by atoms with Crippen molar-refractivity contribution in [2.24, 2.45) is 16.9 Å². The summed E-state index contributed by atoms with van der Waals surface area (Å²) < 4.78 is 5.52. The van der Waals surface area contributed by atoms with Crippen molar-refractivity contribution in [2.45, 2.75) is 18.9 Å². The van der Waals surface area contributed by atoms with E-state index in [1.54, 1.807) is 6.26 Å². The maximum Gasteiger partial charge on any atom is 0.134 e. The lowest BCUT2D eigenvalue weighted by atomic mass is 9.91. The Bertz CT molecular complexity index is 513. The molecule has 0 bridgehead atoms. The molecule has 0 spiro atoms. The topological polar surface area (TPSA) is 65.2 Å². The van der Waals surface area contributed by atoms with Crippen LogP contribution in [0.2, 0.25) is 0 Å². The third-order valence-corrected chi connectivity index (χ3v) is 3.80. The number of benzene rings is 1. The van der Waals surface area contributed by atoms with E-state index >= 15 is 0 Å². The summed E-state index contributed by atoms with van der Waals surface area (Å²) in [6.45, 7) is 0.660. The number of nitrogens with two attached hydrogens (primary N) is 2. The van der Waals surface area contributed by atoms with E-state index in [2.05, 4.69) is 6.07 Å². The lowest BCUT2D eigenvalue weighted by Crippen LogP contribution is -2.29. The van der Waals surface area contributed by atoms with Gasteiger partial charge in [0, 0.05) is 22.4 Å². The molecule has 16 heavy (non-hydrogen) atoms. The Kier molecular flexibility index (Phi) is 2.06. The Balaban J connectivity index is 2.06. The highest BCUT2D eigenvalue weighted by Gasteiger charge is 2.47. The van der Waals surface area contributed by atoms with Crippen LogP contribution in [-0.4, -0.2) is 6.54 Å². The first kappa shape index (κ1) is 9.87. The Morgan fingerprint density at radius 2 is 2.06 bits per heavy atom. The molecular formula is C13H16N2O. The average Bonchev–Trinajstić information content (AvgIpc) is 3.02. The lowest BCUT2D eigenvalue weighted by Gasteiger charge is -2.20. The monoisotopic (exact) mass is 216 g/mol. The second-order valence-electron chi connectivity index (χ2n) is 4.73. The van der Waals surface area contributed by atoms with Crippen LogP contribution in [-0.2, 0) is 0 Å². The third kappa shape index (κ3) is 1.29. The summed E-state index contributed by atoms with van der Waals surface area (Å²) in [6.07, 6.45) is 4.04. The molecule has 2 aromatic rings.